The van der Waals surface area contributed by atoms with Gasteiger partial charge in [-0.2, -0.15) is 0 Å². The van der Waals surface area contributed by atoms with Crippen molar-refractivity contribution in [3.8, 4) is 0 Å². The van der Waals surface area contributed by atoms with Crippen LogP contribution in [0.2, 0.25) is 0 Å². The second-order valence-corrected chi connectivity index (χ2v) is 7.85. The maximum atomic E-state index is 6.15. The quantitative estimate of drug-likeness (QED) is 0.570. The van der Waals surface area contributed by atoms with E-state index in [-0.39, 0.29) is 0 Å². The first-order valence-corrected chi connectivity index (χ1v) is 10.9. The lowest BCUT2D eigenvalue weighted by atomic mass is 10.0. The van der Waals surface area contributed by atoms with E-state index in [1.54, 1.807) is 11.8 Å². The van der Waals surface area contributed by atoms with Crippen LogP contribution in [-0.2, 0) is 6.42 Å². The summed E-state index contributed by atoms with van der Waals surface area (Å²) in [6.07, 6.45) is 5.62. The Morgan fingerprint density at radius 1 is 1.35 bits per heavy atom. The Morgan fingerprint density at radius 3 is 2.85 bits per heavy atom. The fourth-order valence-electron chi connectivity index (χ4n) is 3.24. The van der Waals surface area contributed by atoms with Crippen molar-refractivity contribution in [2.75, 3.05) is 30.3 Å². The molecule has 0 amide bonds. The van der Waals surface area contributed by atoms with E-state index < -0.39 is 0 Å². The number of nitrogens with zero attached hydrogens (tertiary/aromatic N) is 2. The van der Waals surface area contributed by atoms with Crippen LogP contribution in [0.25, 0.3) is 0 Å². The minimum Gasteiger partial charge on any atom is -0.383 e. The van der Waals surface area contributed by atoms with Gasteiger partial charge >= 0.3 is 0 Å². The number of allylic oxidation sites excluding steroid dienone is 1. The number of anilines is 1. The molecule has 4 nitrogen and oxygen atoms in total. The molecule has 2 heterocycles. The molecule has 2 aliphatic rings. The molecule has 26 heavy (non-hydrogen) atoms. The number of aliphatic imine (C=N–C) groups is 1. The minimum absolute atomic E-state index is 0.539. The van der Waals surface area contributed by atoms with Crippen LogP contribution in [0.3, 0.4) is 0 Å². The Morgan fingerprint density at radius 2 is 2.15 bits per heavy atom. The number of fused-ring (bicyclic) bond motifs is 1. The summed E-state index contributed by atoms with van der Waals surface area (Å²) in [4.78, 5) is 8.25. The monoisotopic (exact) mass is 374 g/mol. The molecule has 0 fully saturated rings. The van der Waals surface area contributed by atoms with Crippen molar-refractivity contribution in [1.82, 2.24) is 5.32 Å². The number of benzene rings is 1. The molecule has 0 saturated heterocycles. The molecule has 0 unspecified atom stereocenters. The van der Waals surface area contributed by atoms with E-state index in [2.05, 4.69) is 53.3 Å². The molecule has 144 valence electrons. The molecule has 3 rings (SSSR count). The second-order valence-electron chi connectivity index (χ2n) is 6.71. The van der Waals surface area contributed by atoms with Crippen molar-refractivity contribution in [1.29, 1.82) is 0 Å². The summed E-state index contributed by atoms with van der Waals surface area (Å²) in [7, 11) is 0. The number of hydrogen-bond acceptors (Lipinski definition) is 4. The maximum absolute atomic E-state index is 6.15. The molecule has 0 atom stereocenters. The number of nitrogens with one attached hydrogen (secondary N) is 1. The lowest BCUT2D eigenvalue weighted by molar-refractivity contribution is 0.572. The zero-order chi connectivity index (χ0) is 18.9. The summed E-state index contributed by atoms with van der Waals surface area (Å²) < 4.78 is 0. The van der Waals surface area contributed by atoms with Gasteiger partial charge in [0.15, 0.2) is 0 Å². The normalized spacial score (nSPS) is 16.9. The average molecular weight is 375 g/mol. The molecule has 0 aliphatic carbocycles. The standard InChI is InChI=1S/C19H28N4S.C2H6/c1-14(2)21-9-11-23-10-3-5-15-13-16(7-8-17(15)23)22-19(20)18-6-4-12-24-18;1-2/h6-8,13-14,21H,3-5,9-12H2,1-2H3,(H2,20,22);1-2H3. The van der Waals surface area contributed by atoms with Crippen LogP contribution in [0.1, 0.15) is 46.1 Å². The number of thioether (sulfide) groups is 1. The number of nitrogens with two attached hydrogens (primary N) is 1. The van der Waals surface area contributed by atoms with Crippen LogP contribution in [0, 0.1) is 0 Å². The molecular formula is C21H34N4S. The van der Waals surface area contributed by atoms with E-state index in [1.807, 2.05) is 13.8 Å². The lowest BCUT2D eigenvalue weighted by Gasteiger charge is -2.31. The molecule has 0 bridgehead atoms. The predicted molar refractivity (Wildman–Crippen MR) is 118 cm³/mol. The molecule has 2 aliphatic heterocycles. The number of amidine groups is 1. The highest BCUT2D eigenvalue weighted by Gasteiger charge is 2.17. The van der Waals surface area contributed by atoms with E-state index >= 15 is 0 Å². The van der Waals surface area contributed by atoms with Crippen LogP contribution in [0.4, 0.5) is 11.4 Å². The third-order valence-electron chi connectivity index (χ3n) is 4.42. The van der Waals surface area contributed by atoms with Crippen LogP contribution in [0.15, 0.2) is 34.2 Å². The summed E-state index contributed by atoms with van der Waals surface area (Å²) in [5.41, 5.74) is 9.88. The van der Waals surface area contributed by atoms with Gasteiger partial charge < -0.3 is 16.0 Å². The number of aryl methyl sites for hydroxylation is 1. The van der Waals surface area contributed by atoms with Crippen LogP contribution in [-0.4, -0.2) is 37.3 Å². The largest absolute Gasteiger partial charge is 0.383 e. The third kappa shape index (κ3) is 5.78. The smallest absolute Gasteiger partial charge is 0.137 e. The van der Waals surface area contributed by atoms with Gasteiger partial charge in [0.05, 0.1) is 5.69 Å². The highest BCUT2D eigenvalue weighted by molar-refractivity contribution is 8.04. The molecule has 5 heteroatoms. The Kier molecular flexibility index (Phi) is 8.52. The van der Waals surface area contributed by atoms with Crippen LogP contribution < -0.4 is 16.0 Å². The summed E-state index contributed by atoms with van der Waals surface area (Å²) in [6, 6.07) is 7.06. The summed E-state index contributed by atoms with van der Waals surface area (Å²) >= 11 is 1.80. The van der Waals surface area contributed by atoms with Gasteiger partial charge in [-0.15, -0.1) is 11.8 Å². The zero-order valence-electron chi connectivity index (χ0n) is 16.7. The third-order valence-corrected chi connectivity index (χ3v) is 5.55. The van der Waals surface area contributed by atoms with Crippen molar-refractivity contribution in [2.45, 2.75) is 53.0 Å². The zero-order valence-corrected chi connectivity index (χ0v) is 17.5. The SMILES string of the molecule is CC.CC(C)NCCN1CCCc2cc(N=C(N)C3=CCCS3)ccc21. The van der Waals surface area contributed by atoms with E-state index in [0.29, 0.717) is 11.9 Å². The maximum Gasteiger partial charge on any atom is 0.137 e. The van der Waals surface area contributed by atoms with E-state index in [9.17, 15) is 0 Å². The first kappa shape index (κ1) is 20.8. The second kappa shape index (κ2) is 10.6. The molecule has 0 spiro atoms. The molecular weight excluding hydrogens is 340 g/mol. The molecule has 0 saturated carbocycles. The lowest BCUT2D eigenvalue weighted by Crippen LogP contribution is -2.37. The fourth-order valence-corrected chi connectivity index (χ4v) is 4.13. The van der Waals surface area contributed by atoms with Gasteiger partial charge in [-0.25, -0.2) is 4.99 Å². The van der Waals surface area contributed by atoms with Crippen LogP contribution in [0.5, 0.6) is 0 Å². The first-order valence-electron chi connectivity index (χ1n) is 9.92. The van der Waals surface area contributed by atoms with Crippen molar-refractivity contribution >= 4 is 29.0 Å². The van der Waals surface area contributed by atoms with Crippen molar-refractivity contribution < 1.29 is 0 Å². The average Bonchev–Trinajstić information content (AvgIpc) is 3.18. The summed E-state index contributed by atoms with van der Waals surface area (Å²) in [6.45, 7) is 11.6. The van der Waals surface area contributed by atoms with Gasteiger partial charge in [0.2, 0.25) is 0 Å². The number of rotatable bonds is 6. The Bertz CT molecular complexity index is 637. The summed E-state index contributed by atoms with van der Waals surface area (Å²) in [5, 5.41) is 3.50. The van der Waals surface area contributed by atoms with Gasteiger partial charge in [-0.05, 0) is 43.0 Å². The van der Waals surface area contributed by atoms with E-state index in [4.69, 9.17) is 5.73 Å². The molecule has 0 radical (unpaired) electrons. The topological polar surface area (TPSA) is 53.6 Å². The van der Waals surface area contributed by atoms with Gasteiger partial charge in [0, 0.05) is 42.0 Å². The first-order chi connectivity index (χ1) is 12.6. The summed E-state index contributed by atoms with van der Waals surface area (Å²) in [5.74, 6) is 1.78. The predicted octanol–water partition coefficient (Wildman–Crippen LogP) is 4.47. The highest BCUT2D eigenvalue weighted by atomic mass is 32.2. The number of hydrogen-bond donors (Lipinski definition) is 2. The highest BCUT2D eigenvalue weighted by Crippen LogP contribution is 2.31. The molecule has 3 N–H and O–H groups in total. The van der Waals surface area contributed by atoms with Gasteiger partial charge in [0.1, 0.15) is 5.84 Å². The fraction of sp³-hybridized carbons (Fsp3) is 0.571. The Hall–Kier alpha value is -1.46. The van der Waals surface area contributed by atoms with Gasteiger partial charge in [0.25, 0.3) is 0 Å². The van der Waals surface area contributed by atoms with Crippen LogP contribution >= 0.6 is 11.8 Å². The molecule has 1 aromatic carbocycles. The van der Waals surface area contributed by atoms with E-state index in [0.717, 1.165) is 48.8 Å². The molecule has 1 aromatic rings. The van der Waals surface area contributed by atoms with Gasteiger partial charge in [-0.1, -0.05) is 33.8 Å². The molecule has 0 aromatic heterocycles. The van der Waals surface area contributed by atoms with Crippen molar-refractivity contribution in [2.24, 2.45) is 10.7 Å². The van der Waals surface area contributed by atoms with Crippen molar-refractivity contribution in [3.05, 3.63) is 34.7 Å². The minimum atomic E-state index is 0.539. The van der Waals surface area contributed by atoms with Gasteiger partial charge in [-0.3, -0.25) is 0 Å². The van der Waals surface area contributed by atoms with E-state index in [1.165, 1.54) is 17.7 Å². The Labute approximate surface area is 163 Å². The van der Waals surface area contributed by atoms with Crippen molar-refractivity contribution in [3.63, 3.8) is 0 Å². The Balaban J connectivity index is 0.00000117.